The summed E-state index contributed by atoms with van der Waals surface area (Å²) in [6.07, 6.45) is 8.93. The van der Waals surface area contributed by atoms with E-state index in [1.54, 1.807) is 0 Å². The van der Waals surface area contributed by atoms with E-state index < -0.39 is 0 Å². The molecule has 0 saturated carbocycles. The van der Waals surface area contributed by atoms with Crippen molar-refractivity contribution in [2.45, 2.75) is 66.0 Å². The van der Waals surface area contributed by atoms with E-state index in [0.717, 1.165) is 18.3 Å². The Kier molecular flexibility index (Phi) is 7.52. The number of nitrogens with one attached hydrogen (secondary N) is 1. The van der Waals surface area contributed by atoms with Crippen molar-refractivity contribution in [3.63, 3.8) is 0 Å². The lowest BCUT2D eigenvalue weighted by molar-refractivity contribution is 0.343. The zero-order chi connectivity index (χ0) is 11.8. The second kappa shape index (κ2) is 7.77. The van der Waals surface area contributed by atoms with Gasteiger partial charge in [0, 0.05) is 6.04 Å². The zero-order valence-electron chi connectivity index (χ0n) is 11.0. The molecule has 0 aliphatic carbocycles. The maximum atomic E-state index is 5.48. The standard InChI is InChI=1S/C14H27N/c1-7-13(8-2)15-14(9-11(3)4)10-12(5)6/h1,11-15H,8-10H2,2-6H3. The third kappa shape index (κ3) is 7.45. The molecule has 0 heterocycles. The lowest BCUT2D eigenvalue weighted by Gasteiger charge is -2.25. The third-order valence-corrected chi connectivity index (χ3v) is 2.56. The summed E-state index contributed by atoms with van der Waals surface area (Å²) in [5.74, 6) is 4.28. The summed E-state index contributed by atoms with van der Waals surface area (Å²) < 4.78 is 0. The van der Waals surface area contributed by atoms with Gasteiger partial charge in [0.15, 0.2) is 0 Å². The summed E-state index contributed by atoms with van der Waals surface area (Å²) >= 11 is 0. The van der Waals surface area contributed by atoms with Crippen LogP contribution in [0.2, 0.25) is 0 Å². The summed E-state index contributed by atoms with van der Waals surface area (Å²) in [6, 6.07) is 0.818. The molecule has 1 N–H and O–H groups in total. The summed E-state index contributed by atoms with van der Waals surface area (Å²) in [5, 5.41) is 3.58. The molecule has 1 unspecified atom stereocenters. The van der Waals surface area contributed by atoms with Crippen LogP contribution in [0.15, 0.2) is 0 Å². The summed E-state index contributed by atoms with van der Waals surface area (Å²) in [6.45, 7) is 11.2. The quantitative estimate of drug-likeness (QED) is 0.633. The van der Waals surface area contributed by atoms with Gasteiger partial charge in [-0.05, 0) is 31.1 Å². The van der Waals surface area contributed by atoms with E-state index in [0.29, 0.717) is 6.04 Å². The van der Waals surface area contributed by atoms with E-state index in [1.807, 2.05) is 0 Å². The van der Waals surface area contributed by atoms with Gasteiger partial charge >= 0.3 is 0 Å². The highest BCUT2D eigenvalue weighted by molar-refractivity contribution is 4.99. The summed E-state index contributed by atoms with van der Waals surface area (Å²) in [4.78, 5) is 0. The Balaban J connectivity index is 4.17. The van der Waals surface area contributed by atoms with Crippen molar-refractivity contribution in [3.8, 4) is 12.3 Å². The van der Waals surface area contributed by atoms with Crippen molar-refractivity contribution in [2.75, 3.05) is 0 Å². The molecule has 0 rings (SSSR count). The molecule has 15 heavy (non-hydrogen) atoms. The minimum Gasteiger partial charge on any atom is -0.301 e. The van der Waals surface area contributed by atoms with Crippen LogP contribution in [0.5, 0.6) is 0 Å². The molecule has 0 aromatic rings. The molecule has 1 heteroatoms. The number of hydrogen-bond donors (Lipinski definition) is 1. The van der Waals surface area contributed by atoms with Gasteiger partial charge in [-0.1, -0.05) is 40.5 Å². The SMILES string of the molecule is C#CC(CC)NC(CC(C)C)CC(C)C. The van der Waals surface area contributed by atoms with Gasteiger partial charge in [-0.3, -0.25) is 0 Å². The van der Waals surface area contributed by atoms with Crippen LogP contribution in [0.3, 0.4) is 0 Å². The van der Waals surface area contributed by atoms with E-state index >= 15 is 0 Å². The molecule has 0 bridgehead atoms. The maximum absolute atomic E-state index is 5.48. The first-order valence-electron chi connectivity index (χ1n) is 6.21. The monoisotopic (exact) mass is 209 g/mol. The first-order valence-corrected chi connectivity index (χ1v) is 6.21. The molecule has 0 aliphatic heterocycles. The number of terminal acetylenes is 1. The Morgan fingerprint density at radius 2 is 1.53 bits per heavy atom. The highest BCUT2D eigenvalue weighted by Crippen LogP contribution is 2.14. The fraction of sp³-hybridized carbons (Fsp3) is 0.857. The van der Waals surface area contributed by atoms with Gasteiger partial charge < -0.3 is 5.32 Å². The van der Waals surface area contributed by atoms with Crippen LogP contribution in [0, 0.1) is 24.2 Å². The molecule has 1 atom stereocenters. The fourth-order valence-electron chi connectivity index (χ4n) is 1.94. The van der Waals surface area contributed by atoms with Crippen molar-refractivity contribution >= 4 is 0 Å². The van der Waals surface area contributed by atoms with Crippen molar-refractivity contribution < 1.29 is 0 Å². The predicted molar refractivity (Wildman–Crippen MR) is 68.7 cm³/mol. The molecule has 0 aliphatic rings. The van der Waals surface area contributed by atoms with Crippen LogP contribution in [0.25, 0.3) is 0 Å². The van der Waals surface area contributed by atoms with Crippen molar-refractivity contribution in [3.05, 3.63) is 0 Å². The maximum Gasteiger partial charge on any atom is 0.0686 e. The normalized spacial score (nSPS) is 13.5. The molecule has 0 radical (unpaired) electrons. The van der Waals surface area contributed by atoms with Crippen LogP contribution in [-0.2, 0) is 0 Å². The van der Waals surface area contributed by atoms with Crippen LogP contribution < -0.4 is 5.32 Å². The van der Waals surface area contributed by atoms with Gasteiger partial charge in [-0.2, -0.15) is 0 Å². The second-order valence-electron chi connectivity index (χ2n) is 5.25. The average Bonchev–Trinajstić information content (AvgIpc) is 2.11. The summed E-state index contributed by atoms with van der Waals surface area (Å²) in [7, 11) is 0. The van der Waals surface area contributed by atoms with Gasteiger partial charge in [0.05, 0.1) is 6.04 Å². The van der Waals surface area contributed by atoms with E-state index in [1.165, 1.54) is 12.8 Å². The Labute approximate surface area is 96.0 Å². The third-order valence-electron chi connectivity index (χ3n) is 2.56. The minimum absolute atomic E-state index is 0.243. The van der Waals surface area contributed by atoms with Gasteiger partial charge in [-0.15, -0.1) is 6.42 Å². The van der Waals surface area contributed by atoms with E-state index in [-0.39, 0.29) is 6.04 Å². The average molecular weight is 209 g/mol. The smallest absolute Gasteiger partial charge is 0.0686 e. The molecule has 0 spiro atoms. The lowest BCUT2D eigenvalue weighted by Crippen LogP contribution is -2.38. The van der Waals surface area contributed by atoms with Crippen molar-refractivity contribution in [1.82, 2.24) is 5.32 Å². The van der Waals surface area contributed by atoms with Crippen LogP contribution >= 0.6 is 0 Å². The Hall–Kier alpha value is -0.480. The highest BCUT2D eigenvalue weighted by Gasteiger charge is 2.15. The molecule has 88 valence electrons. The Morgan fingerprint density at radius 3 is 1.80 bits per heavy atom. The van der Waals surface area contributed by atoms with Gasteiger partial charge in [0.25, 0.3) is 0 Å². The molecule has 0 aromatic heterocycles. The first kappa shape index (κ1) is 14.5. The molecular formula is C14H27N. The topological polar surface area (TPSA) is 12.0 Å². The minimum atomic E-state index is 0.243. The molecular weight excluding hydrogens is 182 g/mol. The zero-order valence-corrected chi connectivity index (χ0v) is 11.0. The fourth-order valence-corrected chi connectivity index (χ4v) is 1.94. The van der Waals surface area contributed by atoms with Gasteiger partial charge in [0.1, 0.15) is 0 Å². The number of hydrogen-bond acceptors (Lipinski definition) is 1. The van der Waals surface area contributed by atoms with Crippen molar-refractivity contribution in [2.24, 2.45) is 11.8 Å². The first-order chi connectivity index (χ1) is 6.99. The predicted octanol–water partition coefficient (Wildman–Crippen LogP) is 3.45. The molecule has 0 aromatic carbocycles. The van der Waals surface area contributed by atoms with Crippen LogP contribution in [0.4, 0.5) is 0 Å². The molecule has 0 fully saturated rings. The molecule has 0 saturated heterocycles. The lowest BCUT2D eigenvalue weighted by atomic mass is 9.95. The van der Waals surface area contributed by atoms with E-state index in [9.17, 15) is 0 Å². The Bertz CT molecular complexity index is 178. The van der Waals surface area contributed by atoms with Crippen molar-refractivity contribution in [1.29, 1.82) is 0 Å². The van der Waals surface area contributed by atoms with Gasteiger partial charge in [-0.25, -0.2) is 0 Å². The Morgan fingerprint density at radius 1 is 1.07 bits per heavy atom. The van der Waals surface area contributed by atoms with E-state index in [4.69, 9.17) is 6.42 Å². The highest BCUT2D eigenvalue weighted by atomic mass is 14.9. The number of rotatable bonds is 7. The second-order valence-corrected chi connectivity index (χ2v) is 5.25. The molecule has 1 nitrogen and oxygen atoms in total. The summed E-state index contributed by atoms with van der Waals surface area (Å²) in [5.41, 5.74) is 0. The van der Waals surface area contributed by atoms with Crippen LogP contribution in [-0.4, -0.2) is 12.1 Å². The van der Waals surface area contributed by atoms with Gasteiger partial charge in [0.2, 0.25) is 0 Å². The van der Waals surface area contributed by atoms with E-state index in [2.05, 4.69) is 45.9 Å². The molecule has 0 amide bonds. The largest absolute Gasteiger partial charge is 0.301 e. The van der Waals surface area contributed by atoms with Crippen LogP contribution in [0.1, 0.15) is 53.9 Å².